The molecule has 1 aliphatic rings. The molecule has 4 aromatic rings. The fourth-order valence-electron chi connectivity index (χ4n) is 4.60. The van der Waals surface area contributed by atoms with E-state index in [1.807, 2.05) is 41.3 Å². The Morgan fingerprint density at radius 2 is 1.58 bits per heavy atom. The Labute approximate surface area is 192 Å². The molecule has 1 aromatic heterocycles. The second-order valence-corrected chi connectivity index (χ2v) is 8.64. The molecule has 33 heavy (non-hydrogen) atoms. The third-order valence-electron chi connectivity index (χ3n) is 6.47. The van der Waals surface area contributed by atoms with Gasteiger partial charge in [0.05, 0.1) is 37.1 Å². The van der Waals surface area contributed by atoms with E-state index in [4.69, 9.17) is 4.42 Å². The fourth-order valence-corrected chi connectivity index (χ4v) is 4.60. The van der Waals surface area contributed by atoms with Gasteiger partial charge in [0.15, 0.2) is 11.0 Å². The Morgan fingerprint density at radius 1 is 0.909 bits per heavy atom. The summed E-state index contributed by atoms with van der Waals surface area (Å²) in [6.45, 7) is 5.88. The summed E-state index contributed by atoms with van der Waals surface area (Å²) < 4.78 is 6.25. The van der Waals surface area contributed by atoms with E-state index in [9.17, 15) is 9.59 Å². The number of nitrogens with one attached hydrogen (secondary N) is 1. The normalized spacial score (nSPS) is 14.5. The largest absolute Gasteiger partial charge is 0.455 e. The third-order valence-corrected chi connectivity index (χ3v) is 6.47. The maximum atomic E-state index is 13.5. The number of para-hydroxylation sites is 1. The van der Waals surface area contributed by atoms with Crippen molar-refractivity contribution in [3.63, 3.8) is 0 Å². The summed E-state index contributed by atoms with van der Waals surface area (Å²) in [4.78, 5) is 29.9. The predicted molar refractivity (Wildman–Crippen MR) is 129 cm³/mol. The van der Waals surface area contributed by atoms with E-state index in [1.54, 1.807) is 25.1 Å². The van der Waals surface area contributed by atoms with Crippen molar-refractivity contribution >= 4 is 16.9 Å². The van der Waals surface area contributed by atoms with Crippen molar-refractivity contribution in [2.45, 2.75) is 13.5 Å². The number of carbonyl (C=O) groups is 1. The number of nitrogens with zero attached hydrogens (tertiary/aromatic N) is 1. The van der Waals surface area contributed by atoms with Crippen LogP contribution in [0.15, 0.2) is 88.1 Å². The van der Waals surface area contributed by atoms with E-state index < -0.39 is 0 Å². The second kappa shape index (κ2) is 9.04. The fraction of sp³-hybridized carbons (Fsp3) is 0.214. The Bertz CT molecular complexity index is 1340. The van der Waals surface area contributed by atoms with E-state index in [2.05, 4.69) is 24.3 Å². The number of fused-ring (bicyclic) bond motifs is 1. The molecule has 5 heteroatoms. The molecule has 1 amide bonds. The minimum absolute atomic E-state index is 0.0784. The van der Waals surface area contributed by atoms with Crippen molar-refractivity contribution in [2.24, 2.45) is 0 Å². The number of amides is 1. The SMILES string of the molecule is Cc1c(-c2ccccc2)oc2c(C(=O)N3CC[NH+](Cc4ccccc4)CC3)cccc2c1=O. The van der Waals surface area contributed by atoms with Crippen LogP contribution in [0.4, 0.5) is 0 Å². The Balaban J connectivity index is 1.42. The van der Waals surface area contributed by atoms with Crippen LogP contribution in [0.5, 0.6) is 0 Å². The maximum absolute atomic E-state index is 13.5. The molecule has 1 fully saturated rings. The van der Waals surface area contributed by atoms with Crippen molar-refractivity contribution in [1.29, 1.82) is 0 Å². The zero-order valence-corrected chi connectivity index (χ0v) is 18.7. The molecule has 0 atom stereocenters. The van der Waals surface area contributed by atoms with Crippen molar-refractivity contribution in [3.8, 4) is 11.3 Å². The molecule has 0 radical (unpaired) electrons. The first-order valence-electron chi connectivity index (χ1n) is 11.4. The van der Waals surface area contributed by atoms with Gasteiger partial charge in [0.2, 0.25) is 0 Å². The van der Waals surface area contributed by atoms with E-state index >= 15 is 0 Å². The summed E-state index contributed by atoms with van der Waals surface area (Å²) in [5.74, 6) is 0.441. The number of piperazine rings is 1. The molecule has 1 N–H and O–H groups in total. The van der Waals surface area contributed by atoms with Crippen molar-refractivity contribution in [2.75, 3.05) is 26.2 Å². The van der Waals surface area contributed by atoms with Gasteiger partial charge in [-0.3, -0.25) is 9.59 Å². The summed E-state index contributed by atoms with van der Waals surface area (Å²) in [5, 5.41) is 0.450. The molecular weight excluding hydrogens is 412 g/mol. The topological polar surface area (TPSA) is 55.0 Å². The molecule has 0 bridgehead atoms. The number of hydrogen-bond acceptors (Lipinski definition) is 3. The van der Waals surface area contributed by atoms with E-state index in [0.29, 0.717) is 40.9 Å². The molecule has 3 aromatic carbocycles. The Morgan fingerprint density at radius 3 is 2.27 bits per heavy atom. The molecule has 166 valence electrons. The minimum Gasteiger partial charge on any atom is -0.455 e. The molecule has 5 rings (SSSR count). The molecular formula is C28H27N2O3+. The van der Waals surface area contributed by atoms with Gasteiger partial charge in [-0.15, -0.1) is 0 Å². The minimum atomic E-state index is -0.0955. The van der Waals surface area contributed by atoms with Crippen LogP contribution in [0.2, 0.25) is 0 Å². The maximum Gasteiger partial charge on any atom is 0.258 e. The lowest BCUT2D eigenvalue weighted by Gasteiger charge is -2.32. The first kappa shape index (κ1) is 21.2. The molecule has 5 nitrogen and oxygen atoms in total. The summed E-state index contributed by atoms with van der Waals surface area (Å²) >= 11 is 0. The van der Waals surface area contributed by atoms with Crippen LogP contribution in [0.25, 0.3) is 22.3 Å². The van der Waals surface area contributed by atoms with Gasteiger partial charge in [-0.2, -0.15) is 0 Å². The zero-order chi connectivity index (χ0) is 22.8. The Hall–Kier alpha value is -3.70. The smallest absolute Gasteiger partial charge is 0.258 e. The number of benzene rings is 3. The first-order chi connectivity index (χ1) is 16.1. The average Bonchev–Trinajstić information content (AvgIpc) is 2.87. The lowest BCUT2D eigenvalue weighted by Crippen LogP contribution is -3.13. The van der Waals surface area contributed by atoms with Crippen molar-refractivity contribution < 1.29 is 14.1 Å². The number of rotatable bonds is 4. The average molecular weight is 440 g/mol. The molecule has 1 aliphatic heterocycles. The van der Waals surface area contributed by atoms with Gasteiger partial charge in [0, 0.05) is 16.7 Å². The number of quaternary nitrogens is 1. The van der Waals surface area contributed by atoms with Crippen molar-refractivity contribution in [3.05, 3.63) is 106 Å². The zero-order valence-electron chi connectivity index (χ0n) is 18.7. The van der Waals surface area contributed by atoms with Gasteiger partial charge in [-0.25, -0.2) is 0 Å². The highest BCUT2D eigenvalue weighted by molar-refractivity contribution is 6.05. The van der Waals surface area contributed by atoms with Crippen LogP contribution < -0.4 is 10.3 Å². The quantitative estimate of drug-likeness (QED) is 0.531. The monoisotopic (exact) mass is 439 g/mol. The van der Waals surface area contributed by atoms with E-state index in [0.717, 1.165) is 25.2 Å². The van der Waals surface area contributed by atoms with Crippen molar-refractivity contribution in [1.82, 2.24) is 4.90 Å². The highest BCUT2D eigenvalue weighted by Crippen LogP contribution is 2.27. The van der Waals surface area contributed by atoms with Gasteiger partial charge in [0.25, 0.3) is 5.91 Å². The van der Waals surface area contributed by atoms with E-state index in [-0.39, 0.29) is 11.3 Å². The van der Waals surface area contributed by atoms with Gasteiger partial charge < -0.3 is 14.2 Å². The summed E-state index contributed by atoms with van der Waals surface area (Å²) in [6.07, 6.45) is 0. The van der Waals surface area contributed by atoms with Gasteiger partial charge in [0.1, 0.15) is 12.3 Å². The van der Waals surface area contributed by atoms with Crippen LogP contribution in [0.1, 0.15) is 21.5 Å². The molecule has 0 unspecified atom stereocenters. The molecule has 0 spiro atoms. The van der Waals surface area contributed by atoms with Crippen LogP contribution in [0, 0.1) is 6.92 Å². The summed E-state index contributed by atoms with van der Waals surface area (Å²) in [6, 6.07) is 25.3. The standard InChI is InChI=1S/C28H26N2O3/c1-20-25(31)23-13-8-14-24(27(23)33-26(20)22-11-6-3-7-12-22)28(32)30-17-15-29(16-18-30)19-21-9-4-2-5-10-21/h2-14H,15-19H2,1H3/p+1. The van der Waals surface area contributed by atoms with Crippen LogP contribution in [-0.2, 0) is 6.54 Å². The summed E-state index contributed by atoms with van der Waals surface area (Å²) in [7, 11) is 0. The number of carbonyl (C=O) groups excluding carboxylic acids is 1. The number of hydrogen-bond donors (Lipinski definition) is 1. The molecule has 0 aliphatic carbocycles. The second-order valence-electron chi connectivity index (χ2n) is 8.64. The lowest BCUT2D eigenvalue weighted by atomic mass is 10.0. The van der Waals surface area contributed by atoms with Crippen LogP contribution in [0.3, 0.4) is 0 Å². The predicted octanol–water partition coefficient (Wildman–Crippen LogP) is 3.31. The third kappa shape index (κ3) is 4.20. The molecule has 0 saturated carbocycles. The van der Waals surface area contributed by atoms with Gasteiger partial charge in [-0.1, -0.05) is 66.7 Å². The van der Waals surface area contributed by atoms with Gasteiger partial charge >= 0.3 is 0 Å². The van der Waals surface area contributed by atoms with Crippen LogP contribution in [-0.4, -0.2) is 37.0 Å². The first-order valence-corrected chi connectivity index (χ1v) is 11.4. The highest BCUT2D eigenvalue weighted by atomic mass is 16.3. The Kier molecular flexibility index (Phi) is 5.80. The summed E-state index contributed by atoms with van der Waals surface area (Å²) in [5.41, 5.74) is 3.42. The van der Waals surface area contributed by atoms with Gasteiger partial charge in [-0.05, 0) is 19.1 Å². The molecule has 2 heterocycles. The lowest BCUT2D eigenvalue weighted by molar-refractivity contribution is -0.917. The highest BCUT2D eigenvalue weighted by Gasteiger charge is 2.27. The van der Waals surface area contributed by atoms with E-state index in [1.165, 1.54) is 10.5 Å². The molecule has 1 saturated heterocycles. The van der Waals surface area contributed by atoms with Crippen LogP contribution >= 0.6 is 0 Å².